The van der Waals surface area contributed by atoms with Crippen LogP contribution < -0.4 is 4.74 Å². The van der Waals surface area contributed by atoms with Crippen molar-refractivity contribution < 1.29 is 31.1 Å². The standard InChI is InChI=1S/C17H17ClO7S2/c1-12-3-5-13(6-4-12)26(20,21)10-9-25-17(19)15-11-14(27(18,22)23)7-8-16(15)24-2/h3-8,11H,9-10H2,1-2H3. The fourth-order valence-electron chi connectivity index (χ4n) is 2.18. The molecule has 0 aliphatic carbocycles. The van der Waals surface area contributed by atoms with Gasteiger partial charge in [0.2, 0.25) is 0 Å². The normalized spacial score (nSPS) is 11.8. The van der Waals surface area contributed by atoms with Gasteiger partial charge in [0.25, 0.3) is 9.05 Å². The van der Waals surface area contributed by atoms with Crippen molar-refractivity contribution in [1.29, 1.82) is 0 Å². The molecule has 0 heterocycles. The van der Waals surface area contributed by atoms with Gasteiger partial charge < -0.3 is 9.47 Å². The van der Waals surface area contributed by atoms with Crippen LogP contribution >= 0.6 is 10.7 Å². The number of rotatable bonds is 7. The van der Waals surface area contributed by atoms with E-state index in [0.717, 1.165) is 11.6 Å². The summed E-state index contributed by atoms with van der Waals surface area (Å²) in [6, 6.07) is 9.74. The summed E-state index contributed by atoms with van der Waals surface area (Å²) in [6.45, 7) is 1.43. The van der Waals surface area contributed by atoms with Crippen LogP contribution in [-0.2, 0) is 23.6 Å². The molecule has 2 aromatic rings. The van der Waals surface area contributed by atoms with Crippen LogP contribution in [-0.4, -0.2) is 42.3 Å². The summed E-state index contributed by atoms with van der Waals surface area (Å²) in [6.07, 6.45) is 0. The molecule has 0 N–H and O–H groups in total. The van der Waals surface area contributed by atoms with E-state index in [1.54, 1.807) is 12.1 Å². The van der Waals surface area contributed by atoms with Crippen molar-refractivity contribution in [1.82, 2.24) is 0 Å². The van der Waals surface area contributed by atoms with Crippen LogP contribution in [0.15, 0.2) is 52.3 Å². The summed E-state index contributed by atoms with van der Waals surface area (Å²) < 4.78 is 57.4. The largest absolute Gasteiger partial charge is 0.496 e. The first-order chi connectivity index (χ1) is 12.5. The Labute approximate surface area is 162 Å². The molecule has 0 atom stereocenters. The molecule has 0 spiro atoms. The number of benzene rings is 2. The number of hydrogen-bond acceptors (Lipinski definition) is 7. The van der Waals surface area contributed by atoms with E-state index < -0.39 is 37.2 Å². The lowest BCUT2D eigenvalue weighted by Crippen LogP contribution is -2.16. The highest BCUT2D eigenvalue weighted by Gasteiger charge is 2.21. The second-order valence-corrected chi connectivity index (χ2v) is 10.2. The zero-order valence-corrected chi connectivity index (χ0v) is 16.9. The number of sulfone groups is 1. The molecular formula is C17H17ClO7S2. The molecule has 27 heavy (non-hydrogen) atoms. The monoisotopic (exact) mass is 432 g/mol. The van der Waals surface area contributed by atoms with Crippen LogP contribution in [0.25, 0.3) is 0 Å². The smallest absolute Gasteiger partial charge is 0.341 e. The highest BCUT2D eigenvalue weighted by molar-refractivity contribution is 8.13. The second kappa shape index (κ2) is 8.28. The third-order valence-corrected chi connectivity index (χ3v) is 6.68. The number of ether oxygens (including phenoxy) is 2. The van der Waals surface area contributed by atoms with Gasteiger partial charge in [-0.15, -0.1) is 0 Å². The maximum atomic E-state index is 12.3. The summed E-state index contributed by atoms with van der Waals surface area (Å²) in [5.41, 5.74) is 0.744. The molecule has 0 saturated heterocycles. The first kappa shape index (κ1) is 21.2. The molecule has 2 aromatic carbocycles. The van der Waals surface area contributed by atoms with Crippen molar-refractivity contribution >= 4 is 35.5 Å². The van der Waals surface area contributed by atoms with E-state index >= 15 is 0 Å². The van der Waals surface area contributed by atoms with Crippen LogP contribution in [0.4, 0.5) is 0 Å². The number of aryl methyl sites for hydroxylation is 1. The van der Waals surface area contributed by atoms with Crippen molar-refractivity contribution in [3.8, 4) is 5.75 Å². The topological polar surface area (TPSA) is 104 Å². The Morgan fingerprint density at radius 2 is 1.59 bits per heavy atom. The molecule has 0 fully saturated rings. The maximum absolute atomic E-state index is 12.3. The van der Waals surface area contributed by atoms with Gasteiger partial charge in [-0.25, -0.2) is 21.6 Å². The van der Waals surface area contributed by atoms with Crippen molar-refractivity contribution in [3.63, 3.8) is 0 Å². The summed E-state index contributed by atoms with van der Waals surface area (Å²) in [4.78, 5) is 12.1. The molecule has 0 amide bonds. The summed E-state index contributed by atoms with van der Waals surface area (Å²) in [7, 11) is -1.11. The molecule has 0 radical (unpaired) electrons. The van der Waals surface area contributed by atoms with Crippen LogP contribution in [0.3, 0.4) is 0 Å². The zero-order valence-electron chi connectivity index (χ0n) is 14.5. The van der Waals surface area contributed by atoms with Crippen molar-refractivity contribution in [3.05, 3.63) is 53.6 Å². The van der Waals surface area contributed by atoms with Gasteiger partial charge in [-0.1, -0.05) is 17.7 Å². The van der Waals surface area contributed by atoms with Crippen molar-refractivity contribution in [2.45, 2.75) is 16.7 Å². The van der Waals surface area contributed by atoms with Gasteiger partial charge in [0.1, 0.15) is 17.9 Å². The van der Waals surface area contributed by atoms with Gasteiger partial charge in [0.15, 0.2) is 9.84 Å². The molecule has 10 heteroatoms. The average Bonchev–Trinajstić information content (AvgIpc) is 2.60. The Morgan fingerprint density at radius 3 is 2.15 bits per heavy atom. The minimum Gasteiger partial charge on any atom is -0.496 e. The molecule has 0 aliphatic heterocycles. The van der Waals surface area contributed by atoms with E-state index in [1.165, 1.54) is 31.4 Å². The summed E-state index contributed by atoms with van der Waals surface area (Å²) in [5.74, 6) is -1.27. The van der Waals surface area contributed by atoms with Gasteiger partial charge in [0, 0.05) is 10.7 Å². The van der Waals surface area contributed by atoms with Crippen molar-refractivity contribution in [2.75, 3.05) is 19.5 Å². The Bertz CT molecular complexity index is 1040. The average molecular weight is 433 g/mol. The predicted molar refractivity (Wildman–Crippen MR) is 99.5 cm³/mol. The molecule has 0 unspecified atom stereocenters. The van der Waals surface area contributed by atoms with Gasteiger partial charge in [-0.3, -0.25) is 0 Å². The lowest BCUT2D eigenvalue weighted by Gasteiger charge is -2.10. The molecule has 0 aliphatic rings. The third kappa shape index (κ3) is 5.44. The Morgan fingerprint density at radius 1 is 1.00 bits per heavy atom. The second-order valence-electron chi connectivity index (χ2n) is 5.57. The number of carbonyl (C=O) groups excluding carboxylic acids is 1. The van der Waals surface area contributed by atoms with E-state index in [0.29, 0.717) is 0 Å². The fourth-order valence-corrected chi connectivity index (χ4v) is 4.05. The van der Waals surface area contributed by atoms with E-state index in [2.05, 4.69) is 0 Å². The quantitative estimate of drug-likeness (QED) is 0.489. The van der Waals surface area contributed by atoms with Gasteiger partial charge in [-0.05, 0) is 37.3 Å². The Kier molecular flexibility index (Phi) is 6.50. The minimum absolute atomic E-state index is 0.0745. The predicted octanol–water partition coefficient (Wildman–Crippen LogP) is 2.56. The van der Waals surface area contributed by atoms with E-state index in [4.69, 9.17) is 20.2 Å². The molecule has 0 aromatic heterocycles. The zero-order chi connectivity index (χ0) is 20.2. The lowest BCUT2D eigenvalue weighted by atomic mass is 10.2. The van der Waals surface area contributed by atoms with Gasteiger partial charge >= 0.3 is 5.97 Å². The number of carbonyl (C=O) groups is 1. The number of methoxy groups -OCH3 is 1. The van der Waals surface area contributed by atoms with Gasteiger partial charge in [0.05, 0.1) is 22.7 Å². The Balaban J connectivity index is 2.12. The molecule has 2 rings (SSSR count). The number of esters is 1. The first-order valence-corrected chi connectivity index (χ1v) is 11.6. The minimum atomic E-state index is -4.05. The number of hydrogen-bond donors (Lipinski definition) is 0. The molecule has 0 saturated carbocycles. The molecule has 146 valence electrons. The van der Waals surface area contributed by atoms with E-state index in [1.807, 2.05) is 6.92 Å². The number of halogens is 1. The molecule has 7 nitrogen and oxygen atoms in total. The van der Waals surface area contributed by atoms with E-state index in [9.17, 15) is 21.6 Å². The summed E-state index contributed by atoms with van der Waals surface area (Å²) in [5, 5.41) is 0. The Hall–Kier alpha value is -2.10. The van der Waals surface area contributed by atoms with Crippen LogP contribution in [0.1, 0.15) is 15.9 Å². The first-order valence-electron chi connectivity index (χ1n) is 7.64. The van der Waals surface area contributed by atoms with Gasteiger partial charge in [-0.2, -0.15) is 0 Å². The van der Waals surface area contributed by atoms with Crippen molar-refractivity contribution in [2.24, 2.45) is 0 Å². The highest BCUT2D eigenvalue weighted by atomic mass is 35.7. The molecule has 0 bridgehead atoms. The SMILES string of the molecule is COc1ccc(S(=O)(=O)Cl)cc1C(=O)OCCS(=O)(=O)c1ccc(C)cc1. The fraction of sp³-hybridized carbons (Fsp3) is 0.235. The van der Waals surface area contributed by atoms with Crippen LogP contribution in [0.5, 0.6) is 5.75 Å². The van der Waals surface area contributed by atoms with E-state index in [-0.39, 0.29) is 21.1 Å². The third-order valence-electron chi connectivity index (χ3n) is 3.64. The van der Waals surface area contributed by atoms with Crippen LogP contribution in [0, 0.1) is 6.92 Å². The van der Waals surface area contributed by atoms with Crippen LogP contribution in [0.2, 0.25) is 0 Å². The summed E-state index contributed by atoms with van der Waals surface area (Å²) >= 11 is 0. The highest BCUT2D eigenvalue weighted by Crippen LogP contribution is 2.25. The molecular weight excluding hydrogens is 416 g/mol. The maximum Gasteiger partial charge on any atom is 0.341 e. The lowest BCUT2D eigenvalue weighted by molar-refractivity contribution is 0.0525.